The molecule has 6 heteroatoms. The predicted molar refractivity (Wildman–Crippen MR) is 115 cm³/mol. The highest BCUT2D eigenvalue weighted by Gasteiger charge is 2.48. The number of nitrogens with zero attached hydrogens (tertiary/aromatic N) is 1. The highest BCUT2D eigenvalue weighted by atomic mass is 35.5. The second-order valence-electron chi connectivity index (χ2n) is 8.08. The van der Waals surface area contributed by atoms with Crippen molar-refractivity contribution < 1.29 is 19.8 Å². The zero-order valence-electron chi connectivity index (χ0n) is 16.8. The van der Waals surface area contributed by atoms with Crippen LogP contribution in [-0.4, -0.2) is 32.8 Å². The molecule has 1 saturated heterocycles. The minimum Gasteiger partial charge on any atom is -0.507 e. The van der Waals surface area contributed by atoms with E-state index in [1.54, 1.807) is 29.2 Å². The van der Waals surface area contributed by atoms with E-state index in [9.17, 15) is 19.8 Å². The van der Waals surface area contributed by atoms with Gasteiger partial charge < -0.3 is 15.1 Å². The first-order valence-electron chi connectivity index (χ1n) is 10.2. The van der Waals surface area contributed by atoms with Crippen molar-refractivity contribution in [3.8, 4) is 5.75 Å². The molecule has 0 bridgehead atoms. The summed E-state index contributed by atoms with van der Waals surface area (Å²) in [5.41, 5.74) is 2.17. The molecule has 4 rings (SSSR count). The molecule has 5 nitrogen and oxygen atoms in total. The van der Waals surface area contributed by atoms with E-state index in [2.05, 4.69) is 0 Å². The van der Waals surface area contributed by atoms with Gasteiger partial charge in [0.15, 0.2) is 0 Å². The molecule has 2 aromatic carbocycles. The summed E-state index contributed by atoms with van der Waals surface area (Å²) in [6, 6.07) is 11.0. The van der Waals surface area contributed by atoms with Crippen molar-refractivity contribution in [3.05, 3.63) is 69.8 Å². The van der Waals surface area contributed by atoms with E-state index in [0.717, 1.165) is 37.7 Å². The molecule has 1 aliphatic carbocycles. The molecule has 0 spiro atoms. The summed E-state index contributed by atoms with van der Waals surface area (Å²) in [7, 11) is 0. The number of aliphatic hydroxyl groups is 1. The van der Waals surface area contributed by atoms with Crippen molar-refractivity contribution in [2.24, 2.45) is 0 Å². The number of Topliss-reactive ketones (excluding diaryl/α,β-unsaturated/α-hetero) is 1. The molecule has 1 aliphatic heterocycles. The fraction of sp³-hybridized carbons (Fsp3) is 0.333. The van der Waals surface area contributed by atoms with E-state index in [1.807, 2.05) is 19.1 Å². The van der Waals surface area contributed by atoms with Gasteiger partial charge in [0.1, 0.15) is 11.5 Å². The molecule has 2 aromatic rings. The van der Waals surface area contributed by atoms with Gasteiger partial charge in [-0.15, -0.1) is 0 Å². The number of amides is 1. The monoisotopic (exact) mass is 425 g/mol. The Balaban J connectivity index is 1.88. The third-order valence-electron chi connectivity index (χ3n) is 6.06. The Morgan fingerprint density at radius 2 is 1.70 bits per heavy atom. The van der Waals surface area contributed by atoms with Crippen molar-refractivity contribution in [1.29, 1.82) is 0 Å². The third-order valence-corrected chi connectivity index (χ3v) is 6.36. The van der Waals surface area contributed by atoms with Gasteiger partial charge in [-0.2, -0.15) is 0 Å². The Hall–Kier alpha value is -2.79. The number of hydrogen-bond donors (Lipinski definition) is 2. The minimum absolute atomic E-state index is 0.0659. The minimum atomic E-state index is -0.743. The zero-order valence-corrected chi connectivity index (χ0v) is 17.5. The lowest BCUT2D eigenvalue weighted by Gasteiger charge is -2.35. The number of carbonyl (C=O) groups excluding carboxylic acids is 2. The van der Waals surface area contributed by atoms with Crippen LogP contribution in [0.3, 0.4) is 0 Å². The van der Waals surface area contributed by atoms with E-state index in [0.29, 0.717) is 11.1 Å². The smallest absolute Gasteiger partial charge is 0.295 e. The summed E-state index contributed by atoms with van der Waals surface area (Å²) in [5, 5.41) is 21.0. The molecule has 2 fully saturated rings. The molecule has 1 heterocycles. The number of phenols is 1. The number of benzene rings is 2. The van der Waals surface area contributed by atoms with E-state index in [4.69, 9.17) is 11.6 Å². The Morgan fingerprint density at radius 3 is 2.33 bits per heavy atom. The number of hydrogen-bond acceptors (Lipinski definition) is 4. The highest BCUT2D eigenvalue weighted by molar-refractivity contribution is 6.46. The lowest BCUT2D eigenvalue weighted by atomic mass is 9.91. The fourth-order valence-corrected chi connectivity index (χ4v) is 4.66. The molecular formula is C24H24ClNO4. The number of aliphatic hydroxyl groups excluding tert-OH is 1. The average Bonchev–Trinajstić information content (AvgIpc) is 3.01. The molecule has 0 radical (unpaired) electrons. The SMILES string of the molecule is Cc1ccc(/C(O)=C2/C(=O)C(=O)N(C3CCCCC3)C2c2ccc(O)c(Cl)c2)cc1. The Labute approximate surface area is 180 Å². The van der Waals surface area contributed by atoms with Crippen LogP contribution in [0, 0.1) is 6.92 Å². The van der Waals surface area contributed by atoms with Crippen LogP contribution in [-0.2, 0) is 9.59 Å². The topological polar surface area (TPSA) is 77.8 Å². The molecule has 2 N–H and O–H groups in total. The molecule has 156 valence electrons. The number of aryl methyl sites for hydroxylation is 1. The number of aromatic hydroxyl groups is 1. The van der Waals surface area contributed by atoms with Crippen LogP contribution in [0.25, 0.3) is 5.76 Å². The van der Waals surface area contributed by atoms with Gasteiger partial charge in [-0.1, -0.05) is 66.8 Å². The van der Waals surface area contributed by atoms with Crippen LogP contribution >= 0.6 is 11.6 Å². The summed E-state index contributed by atoms with van der Waals surface area (Å²) in [6.45, 7) is 1.93. The van der Waals surface area contributed by atoms with Gasteiger partial charge in [0.25, 0.3) is 11.7 Å². The quantitative estimate of drug-likeness (QED) is 0.407. The van der Waals surface area contributed by atoms with Crippen molar-refractivity contribution in [2.45, 2.75) is 51.1 Å². The van der Waals surface area contributed by atoms with Crippen LogP contribution in [0.5, 0.6) is 5.75 Å². The maximum atomic E-state index is 13.1. The molecule has 1 saturated carbocycles. The fourth-order valence-electron chi connectivity index (χ4n) is 4.47. The van der Waals surface area contributed by atoms with E-state index in [-0.39, 0.29) is 28.1 Å². The van der Waals surface area contributed by atoms with Crippen LogP contribution in [0.1, 0.15) is 54.8 Å². The lowest BCUT2D eigenvalue weighted by molar-refractivity contribution is -0.141. The molecule has 1 unspecified atom stereocenters. The van der Waals surface area contributed by atoms with Gasteiger partial charge in [0, 0.05) is 11.6 Å². The summed E-state index contributed by atoms with van der Waals surface area (Å²) in [6.07, 6.45) is 4.74. The average molecular weight is 426 g/mol. The van der Waals surface area contributed by atoms with Gasteiger partial charge in [0.05, 0.1) is 16.6 Å². The molecular weight excluding hydrogens is 402 g/mol. The normalized spacial score (nSPS) is 21.9. The first kappa shape index (κ1) is 20.5. The summed E-state index contributed by atoms with van der Waals surface area (Å²) < 4.78 is 0. The number of rotatable bonds is 3. The highest BCUT2D eigenvalue weighted by Crippen LogP contribution is 2.44. The van der Waals surface area contributed by atoms with Crippen molar-refractivity contribution in [3.63, 3.8) is 0 Å². The summed E-state index contributed by atoms with van der Waals surface area (Å²) >= 11 is 6.14. The Kier molecular flexibility index (Phi) is 5.56. The second-order valence-corrected chi connectivity index (χ2v) is 8.48. The van der Waals surface area contributed by atoms with Gasteiger partial charge >= 0.3 is 0 Å². The molecule has 30 heavy (non-hydrogen) atoms. The number of carbonyl (C=O) groups is 2. The number of phenolic OH excluding ortho intramolecular Hbond substituents is 1. The van der Waals surface area contributed by atoms with Crippen molar-refractivity contribution in [1.82, 2.24) is 4.90 Å². The summed E-state index contributed by atoms with van der Waals surface area (Å²) in [4.78, 5) is 27.8. The lowest BCUT2D eigenvalue weighted by Crippen LogP contribution is -2.40. The Bertz CT molecular complexity index is 1020. The van der Waals surface area contributed by atoms with E-state index in [1.165, 1.54) is 6.07 Å². The molecule has 1 atom stereocenters. The first-order chi connectivity index (χ1) is 14.4. The molecule has 2 aliphatic rings. The zero-order chi connectivity index (χ0) is 21.4. The first-order valence-corrected chi connectivity index (χ1v) is 10.6. The predicted octanol–water partition coefficient (Wildman–Crippen LogP) is 5.11. The van der Waals surface area contributed by atoms with E-state index >= 15 is 0 Å². The molecule has 1 amide bonds. The van der Waals surface area contributed by atoms with Gasteiger partial charge in [-0.3, -0.25) is 9.59 Å². The van der Waals surface area contributed by atoms with Gasteiger partial charge in [-0.05, 0) is 37.5 Å². The van der Waals surface area contributed by atoms with Crippen LogP contribution in [0.4, 0.5) is 0 Å². The second kappa shape index (κ2) is 8.15. The van der Waals surface area contributed by atoms with Crippen molar-refractivity contribution >= 4 is 29.1 Å². The number of halogens is 1. The van der Waals surface area contributed by atoms with Crippen LogP contribution in [0.15, 0.2) is 48.0 Å². The standard InChI is InChI=1S/C24H24ClNO4/c1-14-7-9-15(10-8-14)22(28)20-21(16-11-12-19(27)18(25)13-16)26(24(30)23(20)29)17-5-3-2-4-6-17/h7-13,17,21,27-28H,2-6H2,1H3/b22-20-. The Morgan fingerprint density at radius 1 is 1.03 bits per heavy atom. The maximum Gasteiger partial charge on any atom is 0.295 e. The number of ketones is 1. The van der Waals surface area contributed by atoms with Gasteiger partial charge in [-0.25, -0.2) is 0 Å². The third kappa shape index (κ3) is 3.58. The van der Waals surface area contributed by atoms with Crippen molar-refractivity contribution in [2.75, 3.05) is 0 Å². The molecule has 0 aromatic heterocycles. The maximum absolute atomic E-state index is 13.1. The largest absolute Gasteiger partial charge is 0.507 e. The number of likely N-dealkylation sites (tertiary alicyclic amines) is 1. The summed E-state index contributed by atoms with van der Waals surface area (Å²) in [5.74, 6) is -1.55. The van der Waals surface area contributed by atoms with Gasteiger partial charge in [0.2, 0.25) is 0 Å². The van der Waals surface area contributed by atoms with E-state index < -0.39 is 17.7 Å². The van der Waals surface area contributed by atoms with Crippen LogP contribution in [0.2, 0.25) is 5.02 Å². The van der Waals surface area contributed by atoms with Crippen LogP contribution < -0.4 is 0 Å².